The van der Waals surface area contributed by atoms with Crippen LogP contribution in [0.4, 0.5) is 0 Å². The number of hydrogen-bond donors (Lipinski definition) is 1. The van der Waals surface area contributed by atoms with Crippen molar-refractivity contribution in [1.29, 1.82) is 0 Å². The lowest BCUT2D eigenvalue weighted by Crippen LogP contribution is -2.29. The third-order valence-corrected chi connectivity index (χ3v) is 5.36. The van der Waals surface area contributed by atoms with Crippen molar-refractivity contribution >= 4 is 33.3 Å². The highest BCUT2D eigenvalue weighted by Crippen LogP contribution is 2.39. The summed E-state index contributed by atoms with van der Waals surface area (Å²) in [6.07, 6.45) is -0.132. The number of carboxylic acids is 1. The Balaban J connectivity index is 1.91. The highest BCUT2D eigenvalue weighted by Gasteiger charge is 2.26. The fourth-order valence-corrected chi connectivity index (χ4v) is 3.96. The summed E-state index contributed by atoms with van der Waals surface area (Å²) in [6, 6.07) is 17.2. The molecule has 1 amide bonds. The maximum atomic E-state index is 12.6. The highest BCUT2D eigenvalue weighted by molar-refractivity contribution is 7.21. The van der Waals surface area contributed by atoms with Gasteiger partial charge in [-0.3, -0.25) is 4.79 Å². The molecule has 140 valence electrons. The standard InChI is InChI=1S/C21H21NO4S/c1-22(2)20(23)19-18(15-10-6-7-11-17(15)27-19)26-16(21(24)25)13-12-14-8-4-3-5-9-14/h3-11,16H,12-13H2,1-2H3,(H,24,25). The second-order valence-corrected chi connectivity index (χ2v) is 7.48. The number of carbonyl (C=O) groups is 2. The first kappa shape index (κ1) is 18.9. The van der Waals surface area contributed by atoms with Gasteiger partial charge in [0.2, 0.25) is 0 Å². The molecule has 1 atom stereocenters. The van der Waals surface area contributed by atoms with Crippen LogP contribution in [0.3, 0.4) is 0 Å². The first-order chi connectivity index (χ1) is 13.0. The van der Waals surface area contributed by atoms with Crippen LogP contribution < -0.4 is 4.74 Å². The van der Waals surface area contributed by atoms with Gasteiger partial charge >= 0.3 is 5.97 Å². The topological polar surface area (TPSA) is 66.8 Å². The molecule has 0 radical (unpaired) electrons. The van der Waals surface area contributed by atoms with Gasteiger partial charge in [-0.15, -0.1) is 11.3 Å². The zero-order chi connectivity index (χ0) is 19.4. The van der Waals surface area contributed by atoms with E-state index in [1.807, 2.05) is 54.6 Å². The molecule has 0 aliphatic heterocycles. The third-order valence-electron chi connectivity index (χ3n) is 4.22. The number of thiophene rings is 1. The second-order valence-electron chi connectivity index (χ2n) is 6.43. The van der Waals surface area contributed by atoms with Crippen molar-refractivity contribution in [2.45, 2.75) is 18.9 Å². The van der Waals surface area contributed by atoms with Crippen LogP contribution in [0.5, 0.6) is 5.75 Å². The smallest absolute Gasteiger partial charge is 0.344 e. The van der Waals surface area contributed by atoms with Crippen molar-refractivity contribution in [1.82, 2.24) is 4.90 Å². The van der Waals surface area contributed by atoms with E-state index in [9.17, 15) is 14.7 Å². The Labute approximate surface area is 161 Å². The molecule has 0 saturated carbocycles. The first-order valence-electron chi connectivity index (χ1n) is 8.64. The summed E-state index contributed by atoms with van der Waals surface area (Å²) in [5.74, 6) is -0.877. The van der Waals surface area contributed by atoms with E-state index in [2.05, 4.69) is 0 Å². The number of aliphatic carboxylic acids is 1. The number of nitrogens with zero attached hydrogens (tertiary/aromatic N) is 1. The zero-order valence-electron chi connectivity index (χ0n) is 15.2. The Kier molecular flexibility index (Phi) is 5.76. The molecule has 0 saturated heterocycles. The summed E-state index contributed by atoms with van der Waals surface area (Å²) in [6.45, 7) is 0. The predicted molar refractivity (Wildman–Crippen MR) is 107 cm³/mol. The summed E-state index contributed by atoms with van der Waals surface area (Å²) >= 11 is 1.32. The van der Waals surface area contributed by atoms with E-state index < -0.39 is 12.1 Å². The number of amides is 1. The average molecular weight is 383 g/mol. The molecule has 1 N–H and O–H groups in total. The van der Waals surface area contributed by atoms with Crippen LogP contribution in [0, 0.1) is 0 Å². The van der Waals surface area contributed by atoms with E-state index in [4.69, 9.17) is 4.74 Å². The molecule has 3 aromatic rings. The lowest BCUT2D eigenvalue weighted by molar-refractivity contribution is -0.145. The first-order valence-corrected chi connectivity index (χ1v) is 9.45. The number of hydrogen-bond acceptors (Lipinski definition) is 4. The molecule has 1 unspecified atom stereocenters. The minimum Gasteiger partial charge on any atom is -0.479 e. The van der Waals surface area contributed by atoms with Crippen LogP contribution in [0.1, 0.15) is 21.7 Å². The van der Waals surface area contributed by atoms with Crippen molar-refractivity contribution in [3.8, 4) is 5.75 Å². The SMILES string of the molecule is CN(C)C(=O)c1sc2ccccc2c1OC(CCc1ccccc1)C(=O)O. The molecule has 0 aliphatic carbocycles. The van der Waals surface area contributed by atoms with Crippen LogP contribution in [-0.2, 0) is 11.2 Å². The van der Waals surface area contributed by atoms with Gasteiger partial charge in [0.15, 0.2) is 11.9 Å². The summed E-state index contributed by atoms with van der Waals surface area (Å²) in [7, 11) is 3.33. The van der Waals surface area contributed by atoms with Gasteiger partial charge in [-0.2, -0.15) is 0 Å². The van der Waals surface area contributed by atoms with Crippen molar-refractivity contribution in [3.63, 3.8) is 0 Å². The molecule has 0 bridgehead atoms. The van der Waals surface area contributed by atoms with Gasteiger partial charge in [-0.25, -0.2) is 4.79 Å². The fraction of sp³-hybridized carbons (Fsp3) is 0.238. The lowest BCUT2D eigenvalue weighted by atomic mass is 10.1. The van der Waals surface area contributed by atoms with Gasteiger partial charge < -0.3 is 14.7 Å². The number of ether oxygens (including phenoxy) is 1. The van der Waals surface area contributed by atoms with E-state index in [1.165, 1.54) is 16.2 Å². The molecule has 6 heteroatoms. The molecule has 0 spiro atoms. The van der Waals surface area contributed by atoms with Gasteiger partial charge in [-0.05, 0) is 30.5 Å². The van der Waals surface area contributed by atoms with Gasteiger partial charge in [0, 0.05) is 24.2 Å². The quantitative estimate of drug-likeness (QED) is 0.668. The minimum atomic E-state index is -1.04. The Morgan fingerprint density at radius 2 is 1.74 bits per heavy atom. The second kappa shape index (κ2) is 8.22. The molecule has 0 aliphatic rings. The van der Waals surface area contributed by atoms with Crippen molar-refractivity contribution in [2.24, 2.45) is 0 Å². The lowest BCUT2D eigenvalue weighted by Gasteiger charge is -2.17. The zero-order valence-corrected chi connectivity index (χ0v) is 16.0. The summed E-state index contributed by atoms with van der Waals surface area (Å²) in [4.78, 5) is 26.2. The van der Waals surface area contributed by atoms with E-state index in [0.717, 1.165) is 15.6 Å². The number of aryl methyl sites for hydroxylation is 1. The number of rotatable bonds is 7. The molecule has 27 heavy (non-hydrogen) atoms. The molecular formula is C21H21NO4S. The normalized spacial score (nSPS) is 11.9. The number of benzene rings is 2. The van der Waals surface area contributed by atoms with Crippen molar-refractivity contribution in [3.05, 3.63) is 65.0 Å². The van der Waals surface area contributed by atoms with Gasteiger partial charge in [0.1, 0.15) is 4.88 Å². The summed E-state index contributed by atoms with van der Waals surface area (Å²) in [5, 5.41) is 10.4. The maximum Gasteiger partial charge on any atom is 0.344 e. The molecule has 3 rings (SSSR count). The monoisotopic (exact) mass is 383 g/mol. The van der Waals surface area contributed by atoms with E-state index in [0.29, 0.717) is 23.5 Å². The predicted octanol–water partition coefficient (Wildman–Crippen LogP) is 4.07. The minimum absolute atomic E-state index is 0.196. The largest absolute Gasteiger partial charge is 0.479 e. The Morgan fingerprint density at radius 1 is 1.07 bits per heavy atom. The van der Waals surface area contributed by atoms with E-state index in [-0.39, 0.29) is 5.91 Å². The highest BCUT2D eigenvalue weighted by atomic mass is 32.1. The Hall–Kier alpha value is -2.86. The number of carboxylic acid groups (broad SMARTS) is 1. The van der Waals surface area contributed by atoms with Crippen molar-refractivity contribution < 1.29 is 19.4 Å². The molecule has 1 aromatic heterocycles. The Morgan fingerprint density at radius 3 is 2.41 bits per heavy atom. The number of fused-ring (bicyclic) bond motifs is 1. The average Bonchev–Trinajstić information content (AvgIpc) is 3.03. The number of carbonyl (C=O) groups excluding carboxylic acids is 1. The van der Waals surface area contributed by atoms with E-state index >= 15 is 0 Å². The van der Waals surface area contributed by atoms with Crippen LogP contribution >= 0.6 is 11.3 Å². The van der Waals surface area contributed by atoms with Gasteiger partial charge in [-0.1, -0.05) is 42.5 Å². The molecule has 1 heterocycles. The fourth-order valence-electron chi connectivity index (χ4n) is 2.80. The Bertz CT molecular complexity index is 949. The maximum absolute atomic E-state index is 12.6. The van der Waals surface area contributed by atoms with Gasteiger partial charge in [0.25, 0.3) is 5.91 Å². The molecule has 0 fully saturated rings. The van der Waals surface area contributed by atoms with Crippen LogP contribution in [0.15, 0.2) is 54.6 Å². The van der Waals surface area contributed by atoms with Crippen LogP contribution in [0.2, 0.25) is 0 Å². The molecule has 5 nitrogen and oxygen atoms in total. The molecular weight excluding hydrogens is 362 g/mol. The summed E-state index contributed by atoms with van der Waals surface area (Å²) in [5.41, 5.74) is 1.05. The van der Waals surface area contributed by atoms with Gasteiger partial charge in [0.05, 0.1) is 0 Å². The molecule has 2 aromatic carbocycles. The van der Waals surface area contributed by atoms with Crippen LogP contribution in [0.25, 0.3) is 10.1 Å². The van der Waals surface area contributed by atoms with Crippen LogP contribution in [-0.4, -0.2) is 42.1 Å². The van der Waals surface area contributed by atoms with E-state index in [1.54, 1.807) is 14.1 Å². The third kappa shape index (κ3) is 4.28. The summed E-state index contributed by atoms with van der Waals surface area (Å²) < 4.78 is 6.81. The van der Waals surface area contributed by atoms with Crippen molar-refractivity contribution in [2.75, 3.05) is 14.1 Å².